The number of aryl methyl sites for hydroxylation is 1. The standard InChI is InChI=1S/C24H23Cl2N3O2S/c1-16-27-19(15-32-16)14-28(12-10-17-4-6-18(25)7-5-17)24(31)21-13-20(8-9-22(21)26)29-11-2-3-23(29)30/h4-9,13,15H,2-3,10-12,14H2,1H3. The van der Waals surface area contributed by atoms with Crippen molar-refractivity contribution in [2.45, 2.75) is 32.7 Å². The quantitative estimate of drug-likeness (QED) is 0.424. The summed E-state index contributed by atoms with van der Waals surface area (Å²) in [6.45, 7) is 3.49. The van der Waals surface area contributed by atoms with Crippen LogP contribution in [0.4, 0.5) is 5.69 Å². The Labute approximate surface area is 201 Å². The van der Waals surface area contributed by atoms with Crippen molar-refractivity contribution < 1.29 is 9.59 Å². The third-order valence-corrected chi connectivity index (χ3v) is 6.86. The summed E-state index contributed by atoms with van der Waals surface area (Å²) in [6, 6.07) is 12.8. The van der Waals surface area contributed by atoms with E-state index in [0.29, 0.717) is 53.8 Å². The monoisotopic (exact) mass is 487 g/mol. The number of thiazole rings is 1. The van der Waals surface area contributed by atoms with Gasteiger partial charge in [0.2, 0.25) is 5.91 Å². The van der Waals surface area contributed by atoms with Gasteiger partial charge in [-0.05, 0) is 55.7 Å². The Kier molecular flexibility index (Phi) is 7.13. The molecule has 1 aliphatic rings. The van der Waals surface area contributed by atoms with Crippen LogP contribution in [0.25, 0.3) is 0 Å². The van der Waals surface area contributed by atoms with Crippen LogP contribution in [-0.2, 0) is 17.8 Å². The van der Waals surface area contributed by atoms with Crippen molar-refractivity contribution in [1.29, 1.82) is 0 Å². The highest BCUT2D eigenvalue weighted by molar-refractivity contribution is 7.09. The molecular formula is C24H23Cl2N3O2S. The lowest BCUT2D eigenvalue weighted by molar-refractivity contribution is -0.117. The molecule has 2 aromatic carbocycles. The maximum atomic E-state index is 13.6. The number of rotatable bonds is 7. The summed E-state index contributed by atoms with van der Waals surface area (Å²) >= 11 is 14.0. The van der Waals surface area contributed by atoms with E-state index in [4.69, 9.17) is 23.2 Å². The second kappa shape index (κ2) is 10.0. The fraction of sp³-hybridized carbons (Fsp3) is 0.292. The van der Waals surface area contributed by atoms with Crippen LogP contribution < -0.4 is 4.90 Å². The van der Waals surface area contributed by atoms with Gasteiger partial charge in [0.15, 0.2) is 0 Å². The highest BCUT2D eigenvalue weighted by Gasteiger charge is 2.25. The molecule has 0 N–H and O–H groups in total. The molecule has 1 saturated heterocycles. The molecule has 5 nitrogen and oxygen atoms in total. The maximum Gasteiger partial charge on any atom is 0.255 e. The van der Waals surface area contributed by atoms with Gasteiger partial charge in [0.1, 0.15) is 0 Å². The number of nitrogens with zero attached hydrogens (tertiary/aromatic N) is 3. The minimum Gasteiger partial charge on any atom is -0.332 e. The lowest BCUT2D eigenvalue weighted by Gasteiger charge is -2.24. The van der Waals surface area contributed by atoms with E-state index in [9.17, 15) is 9.59 Å². The molecule has 1 aromatic heterocycles. The summed E-state index contributed by atoms with van der Waals surface area (Å²) in [5, 5.41) is 3.98. The van der Waals surface area contributed by atoms with Gasteiger partial charge in [-0.1, -0.05) is 35.3 Å². The first kappa shape index (κ1) is 22.8. The van der Waals surface area contributed by atoms with Gasteiger partial charge >= 0.3 is 0 Å². The van der Waals surface area contributed by atoms with E-state index in [-0.39, 0.29) is 11.8 Å². The van der Waals surface area contributed by atoms with Crippen LogP contribution in [0, 0.1) is 6.92 Å². The second-order valence-corrected chi connectivity index (χ2v) is 9.68. The number of anilines is 1. The Morgan fingerprint density at radius 1 is 1.19 bits per heavy atom. The average molecular weight is 488 g/mol. The predicted octanol–water partition coefficient (Wildman–Crippen LogP) is 5.77. The van der Waals surface area contributed by atoms with Gasteiger partial charge in [-0.25, -0.2) is 4.98 Å². The number of carbonyl (C=O) groups is 2. The summed E-state index contributed by atoms with van der Waals surface area (Å²) in [5.74, 6) is -0.105. The molecule has 4 rings (SSSR count). The molecule has 0 saturated carbocycles. The highest BCUT2D eigenvalue weighted by atomic mass is 35.5. The van der Waals surface area contributed by atoms with E-state index in [2.05, 4.69) is 4.98 Å². The minimum absolute atomic E-state index is 0.0725. The van der Waals surface area contributed by atoms with Gasteiger partial charge in [-0.3, -0.25) is 9.59 Å². The maximum absolute atomic E-state index is 13.6. The molecule has 0 radical (unpaired) electrons. The van der Waals surface area contributed by atoms with Crippen LogP contribution in [0.2, 0.25) is 10.0 Å². The van der Waals surface area contributed by atoms with Crippen molar-refractivity contribution >= 4 is 52.0 Å². The van der Waals surface area contributed by atoms with Gasteiger partial charge in [0, 0.05) is 35.6 Å². The molecule has 0 atom stereocenters. The van der Waals surface area contributed by atoms with Crippen LogP contribution in [0.1, 0.15) is 39.5 Å². The Balaban J connectivity index is 1.59. The van der Waals surface area contributed by atoms with Crippen molar-refractivity contribution in [3.8, 4) is 0 Å². The first-order valence-electron chi connectivity index (χ1n) is 10.5. The Bertz CT molecular complexity index is 1130. The van der Waals surface area contributed by atoms with E-state index in [1.807, 2.05) is 36.6 Å². The largest absolute Gasteiger partial charge is 0.332 e. The summed E-state index contributed by atoms with van der Waals surface area (Å²) in [6.07, 6.45) is 2.03. The first-order chi connectivity index (χ1) is 15.4. The summed E-state index contributed by atoms with van der Waals surface area (Å²) in [4.78, 5) is 33.8. The van der Waals surface area contributed by atoms with Crippen LogP contribution >= 0.6 is 34.5 Å². The number of carbonyl (C=O) groups excluding carboxylic acids is 2. The summed E-state index contributed by atoms with van der Waals surface area (Å²) < 4.78 is 0. The van der Waals surface area contributed by atoms with Crippen molar-refractivity contribution in [3.63, 3.8) is 0 Å². The number of benzene rings is 2. The molecule has 8 heteroatoms. The topological polar surface area (TPSA) is 53.5 Å². The molecule has 2 amide bonds. The zero-order valence-electron chi connectivity index (χ0n) is 17.7. The van der Waals surface area contributed by atoms with Gasteiger partial charge in [0.25, 0.3) is 5.91 Å². The van der Waals surface area contributed by atoms with Crippen molar-refractivity contribution in [2.24, 2.45) is 0 Å². The third-order valence-electron chi connectivity index (χ3n) is 5.46. The molecule has 32 heavy (non-hydrogen) atoms. The minimum atomic E-state index is -0.178. The lowest BCUT2D eigenvalue weighted by atomic mass is 10.1. The zero-order chi connectivity index (χ0) is 22.7. The van der Waals surface area contributed by atoms with Crippen LogP contribution in [0.5, 0.6) is 0 Å². The van der Waals surface area contributed by atoms with Crippen LogP contribution in [0.3, 0.4) is 0 Å². The molecule has 1 aliphatic heterocycles. The molecule has 166 valence electrons. The fourth-order valence-corrected chi connectivity index (χ4v) is 4.71. The van der Waals surface area contributed by atoms with Gasteiger partial charge < -0.3 is 9.80 Å². The van der Waals surface area contributed by atoms with E-state index in [1.165, 1.54) is 0 Å². The van der Waals surface area contributed by atoms with Gasteiger partial charge in [0.05, 0.1) is 27.8 Å². The number of halogens is 2. The number of amides is 2. The predicted molar refractivity (Wildman–Crippen MR) is 130 cm³/mol. The van der Waals surface area contributed by atoms with E-state index < -0.39 is 0 Å². The first-order valence-corrected chi connectivity index (χ1v) is 12.1. The molecule has 2 heterocycles. The molecule has 1 fully saturated rings. The summed E-state index contributed by atoms with van der Waals surface area (Å²) in [5.41, 5.74) is 3.04. The van der Waals surface area contributed by atoms with Crippen LogP contribution in [0.15, 0.2) is 47.8 Å². The highest BCUT2D eigenvalue weighted by Crippen LogP contribution is 2.28. The normalized spacial score (nSPS) is 13.6. The van der Waals surface area contributed by atoms with Crippen molar-refractivity contribution in [1.82, 2.24) is 9.88 Å². The molecule has 3 aromatic rings. The summed E-state index contributed by atoms with van der Waals surface area (Å²) in [7, 11) is 0. The van der Waals surface area contributed by atoms with Gasteiger partial charge in [-0.15, -0.1) is 11.3 Å². The zero-order valence-corrected chi connectivity index (χ0v) is 20.0. The Morgan fingerprint density at radius 3 is 2.62 bits per heavy atom. The number of hydrogen-bond donors (Lipinski definition) is 0. The molecule has 0 aliphatic carbocycles. The average Bonchev–Trinajstić information content (AvgIpc) is 3.40. The Morgan fingerprint density at radius 2 is 1.97 bits per heavy atom. The second-order valence-electron chi connectivity index (χ2n) is 7.77. The third kappa shape index (κ3) is 5.31. The number of hydrogen-bond acceptors (Lipinski definition) is 4. The lowest BCUT2D eigenvalue weighted by Crippen LogP contribution is -2.33. The van der Waals surface area contributed by atoms with Crippen molar-refractivity contribution in [2.75, 3.05) is 18.0 Å². The molecule has 0 spiro atoms. The Hall–Kier alpha value is -2.41. The SMILES string of the molecule is Cc1nc(CN(CCc2ccc(Cl)cc2)C(=O)c2cc(N3CCCC3=O)ccc2Cl)cs1. The fourth-order valence-electron chi connectivity index (χ4n) is 3.78. The molecule has 0 bridgehead atoms. The van der Waals surface area contributed by atoms with E-state index >= 15 is 0 Å². The van der Waals surface area contributed by atoms with Crippen LogP contribution in [-0.4, -0.2) is 34.8 Å². The van der Waals surface area contributed by atoms with E-state index in [0.717, 1.165) is 22.7 Å². The van der Waals surface area contributed by atoms with E-state index in [1.54, 1.807) is 39.3 Å². The smallest absolute Gasteiger partial charge is 0.255 e. The van der Waals surface area contributed by atoms with Crippen molar-refractivity contribution in [3.05, 3.63) is 79.7 Å². The molecule has 0 unspecified atom stereocenters. The van der Waals surface area contributed by atoms with Gasteiger partial charge in [-0.2, -0.15) is 0 Å². The number of aromatic nitrogens is 1. The molecular weight excluding hydrogens is 465 g/mol.